The molecule has 0 radical (unpaired) electrons. The third-order valence-electron chi connectivity index (χ3n) is 3.11. The largest absolute Gasteiger partial charge is 0.288 e. The van der Waals surface area contributed by atoms with Gasteiger partial charge >= 0.3 is 0 Å². The molecule has 3 heterocycles. The van der Waals surface area contributed by atoms with Crippen LogP contribution in [0.2, 0.25) is 0 Å². The maximum atomic E-state index is 11.9. The van der Waals surface area contributed by atoms with Crippen LogP contribution in [0.1, 0.15) is 6.42 Å². The van der Waals surface area contributed by atoms with Crippen molar-refractivity contribution in [2.24, 2.45) is 5.92 Å². The molecule has 0 bridgehead atoms. The number of carbonyl (C=O) groups is 1. The van der Waals surface area contributed by atoms with Gasteiger partial charge < -0.3 is 0 Å². The van der Waals surface area contributed by atoms with Gasteiger partial charge in [-0.25, -0.2) is 4.98 Å². The second-order valence-corrected chi connectivity index (χ2v) is 5.69. The van der Waals surface area contributed by atoms with Gasteiger partial charge in [-0.05, 0) is 23.8 Å². The van der Waals surface area contributed by atoms with Crippen molar-refractivity contribution in [2.45, 2.75) is 6.42 Å². The van der Waals surface area contributed by atoms with Crippen LogP contribution in [0.15, 0.2) is 29.8 Å². The summed E-state index contributed by atoms with van der Waals surface area (Å²) in [6.45, 7) is 0.720. The normalized spacial score (nSPS) is 19.1. The fourth-order valence-electron chi connectivity index (χ4n) is 2.11. The van der Waals surface area contributed by atoms with Gasteiger partial charge in [0.15, 0.2) is 5.13 Å². The molecule has 1 atom stereocenters. The Morgan fingerprint density at radius 1 is 1.42 bits per heavy atom. The lowest BCUT2D eigenvalue weighted by Gasteiger charge is -2.11. The predicted octanol–water partition coefficient (Wildman–Crippen LogP) is 2.49. The van der Waals surface area contributed by atoms with Crippen molar-refractivity contribution in [1.29, 1.82) is 0 Å². The zero-order valence-electron chi connectivity index (χ0n) is 10.2. The van der Waals surface area contributed by atoms with Crippen LogP contribution in [0.4, 0.5) is 5.13 Å². The molecule has 98 valence electrons. The van der Waals surface area contributed by atoms with E-state index in [0.29, 0.717) is 12.3 Å². The van der Waals surface area contributed by atoms with Gasteiger partial charge in [-0.15, -0.1) is 11.3 Å². The van der Waals surface area contributed by atoms with E-state index in [9.17, 15) is 4.79 Å². The summed E-state index contributed by atoms with van der Waals surface area (Å²) >= 11 is 5.75. The van der Waals surface area contributed by atoms with Crippen LogP contribution in [0, 0.1) is 5.92 Å². The number of carbonyl (C=O) groups excluding carboxylic acids is 1. The number of anilines is 1. The highest BCUT2D eigenvalue weighted by atomic mass is 32.1. The van der Waals surface area contributed by atoms with E-state index in [4.69, 9.17) is 0 Å². The highest BCUT2D eigenvalue weighted by molar-refractivity contribution is 7.80. The Morgan fingerprint density at radius 3 is 3.00 bits per heavy atom. The lowest BCUT2D eigenvalue weighted by molar-refractivity contribution is -0.117. The summed E-state index contributed by atoms with van der Waals surface area (Å²) in [6.07, 6.45) is 2.31. The number of hydrogen-bond acceptors (Lipinski definition) is 5. The molecule has 6 heteroatoms. The second kappa shape index (κ2) is 5.30. The van der Waals surface area contributed by atoms with Crippen molar-refractivity contribution in [2.75, 3.05) is 17.2 Å². The van der Waals surface area contributed by atoms with Crippen LogP contribution in [-0.4, -0.2) is 28.2 Å². The number of thiol groups is 1. The molecule has 1 saturated heterocycles. The first-order chi connectivity index (χ1) is 9.28. The van der Waals surface area contributed by atoms with Crippen molar-refractivity contribution in [1.82, 2.24) is 9.97 Å². The molecule has 3 rings (SSSR count). The monoisotopic (exact) mass is 291 g/mol. The zero-order valence-corrected chi connectivity index (χ0v) is 11.9. The van der Waals surface area contributed by atoms with Gasteiger partial charge in [0.1, 0.15) is 5.69 Å². The highest BCUT2D eigenvalue weighted by Gasteiger charge is 2.31. The summed E-state index contributed by atoms with van der Waals surface area (Å²) in [5.74, 6) is 1.21. The molecular weight excluding hydrogens is 278 g/mol. The van der Waals surface area contributed by atoms with E-state index < -0.39 is 0 Å². The van der Waals surface area contributed by atoms with Gasteiger partial charge in [0.25, 0.3) is 0 Å². The molecule has 1 unspecified atom stereocenters. The van der Waals surface area contributed by atoms with Crippen LogP contribution in [0.5, 0.6) is 0 Å². The smallest absolute Gasteiger partial charge is 0.229 e. The molecule has 1 aliphatic heterocycles. The zero-order chi connectivity index (χ0) is 13.2. The van der Waals surface area contributed by atoms with Gasteiger partial charge in [-0.1, -0.05) is 6.07 Å². The molecule has 0 aromatic carbocycles. The van der Waals surface area contributed by atoms with Crippen LogP contribution >= 0.6 is 24.0 Å². The SMILES string of the molecule is O=C1CC(CS)CN1c1nc(-c2ccccn2)cs1. The first-order valence-corrected chi connectivity index (χ1v) is 7.57. The van der Waals surface area contributed by atoms with E-state index >= 15 is 0 Å². The Labute approximate surface area is 120 Å². The lowest BCUT2D eigenvalue weighted by atomic mass is 10.1. The number of thiazole rings is 1. The first-order valence-electron chi connectivity index (χ1n) is 6.06. The minimum absolute atomic E-state index is 0.140. The number of aromatic nitrogens is 2. The third kappa shape index (κ3) is 2.50. The summed E-state index contributed by atoms with van der Waals surface area (Å²) in [6, 6.07) is 5.72. The minimum atomic E-state index is 0.140. The molecule has 0 saturated carbocycles. The summed E-state index contributed by atoms with van der Waals surface area (Å²) in [5, 5.41) is 2.70. The van der Waals surface area contributed by atoms with E-state index in [2.05, 4.69) is 22.6 Å². The molecular formula is C13H13N3OS2. The van der Waals surface area contributed by atoms with Crippen molar-refractivity contribution in [3.8, 4) is 11.4 Å². The Bertz CT molecular complexity index is 585. The molecule has 2 aromatic heterocycles. The van der Waals surface area contributed by atoms with E-state index in [0.717, 1.165) is 28.8 Å². The Kier molecular flexibility index (Phi) is 3.52. The summed E-state index contributed by atoms with van der Waals surface area (Å²) < 4.78 is 0. The van der Waals surface area contributed by atoms with E-state index in [1.165, 1.54) is 11.3 Å². The maximum Gasteiger partial charge on any atom is 0.229 e. The van der Waals surface area contributed by atoms with Crippen molar-refractivity contribution in [3.05, 3.63) is 29.8 Å². The molecule has 2 aromatic rings. The number of pyridine rings is 1. The van der Waals surface area contributed by atoms with E-state index in [1.54, 1.807) is 11.1 Å². The van der Waals surface area contributed by atoms with Crippen LogP contribution in [0.3, 0.4) is 0 Å². The third-order valence-corrected chi connectivity index (χ3v) is 4.49. The summed E-state index contributed by atoms with van der Waals surface area (Å²) in [7, 11) is 0. The average molecular weight is 291 g/mol. The number of hydrogen-bond donors (Lipinski definition) is 1. The van der Waals surface area contributed by atoms with Gasteiger partial charge in [0.05, 0.1) is 5.69 Å². The van der Waals surface area contributed by atoms with Crippen molar-refractivity contribution >= 4 is 35.0 Å². The van der Waals surface area contributed by atoms with Gasteiger partial charge in [-0.2, -0.15) is 12.6 Å². The van der Waals surface area contributed by atoms with E-state index in [1.807, 2.05) is 23.6 Å². The minimum Gasteiger partial charge on any atom is -0.288 e. The quantitative estimate of drug-likeness (QED) is 0.884. The fourth-order valence-corrected chi connectivity index (χ4v) is 3.20. The van der Waals surface area contributed by atoms with Crippen LogP contribution in [0.25, 0.3) is 11.4 Å². The van der Waals surface area contributed by atoms with Gasteiger partial charge in [0.2, 0.25) is 5.91 Å². The topological polar surface area (TPSA) is 46.1 Å². The molecule has 19 heavy (non-hydrogen) atoms. The Balaban J connectivity index is 1.84. The Hall–Kier alpha value is -1.40. The number of nitrogens with zero attached hydrogens (tertiary/aromatic N) is 3. The molecule has 0 N–H and O–H groups in total. The predicted molar refractivity (Wildman–Crippen MR) is 79.7 cm³/mol. The standard InChI is InChI=1S/C13H13N3OS2/c17-12-5-9(7-18)6-16(12)13-15-11(8-19-13)10-3-1-2-4-14-10/h1-4,8-9,18H,5-7H2. The van der Waals surface area contributed by atoms with Crippen LogP contribution in [-0.2, 0) is 4.79 Å². The van der Waals surface area contributed by atoms with Gasteiger partial charge in [-0.3, -0.25) is 14.7 Å². The van der Waals surface area contributed by atoms with Gasteiger partial charge in [0, 0.05) is 24.5 Å². The average Bonchev–Trinajstić information content (AvgIpc) is 3.06. The van der Waals surface area contributed by atoms with Crippen molar-refractivity contribution in [3.63, 3.8) is 0 Å². The number of amides is 1. The summed E-state index contributed by atoms with van der Waals surface area (Å²) in [4.78, 5) is 22.5. The molecule has 4 nitrogen and oxygen atoms in total. The van der Waals surface area contributed by atoms with Crippen LogP contribution < -0.4 is 4.90 Å². The Morgan fingerprint density at radius 2 is 2.32 bits per heavy atom. The highest BCUT2D eigenvalue weighted by Crippen LogP contribution is 2.31. The second-order valence-electron chi connectivity index (χ2n) is 4.49. The van der Waals surface area contributed by atoms with E-state index in [-0.39, 0.29) is 5.91 Å². The maximum absolute atomic E-state index is 11.9. The van der Waals surface area contributed by atoms with Crippen molar-refractivity contribution < 1.29 is 4.79 Å². The molecule has 1 fully saturated rings. The number of rotatable bonds is 3. The molecule has 0 aliphatic carbocycles. The fraction of sp³-hybridized carbons (Fsp3) is 0.308. The lowest BCUT2D eigenvalue weighted by Crippen LogP contribution is -2.24. The first kappa shape index (κ1) is 12.6. The molecule has 1 amide bonds. The molecule has 0 spiro atoms. The summed E-state index contributed by atoms with van der Waals surface area (Å²) in [5.41, 5.74) is 1.66. The molecule has 1 aliphatic rings.